The molecule has 0 aliphatic heterocycles. The first-order chi connectivity index (χ1) is 10.8. The molecular weight excluding hydrogens is 324 g/mol. The standard InChI is InChI=1S/C18H26N4O.ClH/c1-13(2)10-18(4,12-19)20-17(23)16-11-22(21-14(16)3)15-8-6-5-7-9-15;/h5-9,11,13H,10,12,19H2,1-4H3,(H,20,23);1H. The summed E-state index contributed by atoms with van der Waals surface area (Å²) in [7, 11) is 0. The third kappa shape index (κ3) is 4.82. The third-order valence-electron chi connectivity index (χ3n) is 3.89. The van der Waals surface area contributed by atoms with E-state index in [1.165, 1.54) is 0 Å². The topological polar surface area (TPSA) is 72.9 Å². The fraction of sp³-hybridized carbons (Fsp3) is 0.444. The van der Waals surface area contributed by atoms with Crippen molar-refractivity contribution in [1.29, 1.82) is 0 Å². The summed E-state index contributed by atoms with van der Waals surface area (Å²) in [6.07, 6.45) is 2.60. The van der Waals surface area contributed by atoms with E-state index in [-0.39, 0.29) is 18.3 Å². The van der Waals surface area contributed by atoms with E-state index in [9.17, 15) is 4.79 Å². The SMILES string of the molecule is Cc1nn(-c2ccccc2)cc1C(=O)NC(C)(CN)CC(C)C.Cl. The van der Waals surface area contributed by atoms with Crippen LogP contribution in [0.25, 0.3) is 5.69 Å². The molecule has 0 fully saturated rings. The number of hydrogen-bond donors (Lipinski definition) is 2. The van der Waals surface area contributed by atoms with Crippen molar-refractivity contribution in [1.82, 2.24) is 15.1 Å². The Balaban J connectivity index is 0.00000288. The lowest BCUT2D eigenvalue weighted by molar-refractivity contribution is 0.0897. The van der Waals surface area contributed by atoms with E-state index in [2.05, 4.69) is 24.3 Å². The molecule has 1 unspecified atom stereocenters. The fourth-order valence-electron chi connectivity index (χ4n) is 2.82. The summed E-state index contributed by atoms with van der Waals surface area (Å²) >= 11 is 0. The van der Waals surface area contributed by atoms with Gasteiger partial charge in [-0.3, -0.25) is 4.79 Å². The van der Waals surface area contributed by atoms with Crippen LogP contribution in [0.2, 0.25) is 0 Å². The molecule has 0 spiro atoms. The van der Waals surface area contributed by atoms with Crippen LogP contribution >= 0.6 is 12.4 Å². The van der Waals surface area contributed by atoms with Gasteiger partial charge in [0.15, 0.2) is 0 Å². The number of nitrogens with one attached hydrogen (secondary N) is 1. The summed E-state index contributed by atoms with van der Waals surface area (Å²) in [4.78, 5) is 12.6. The molecule has 6 heteroatoms. The molecular formula is C18H27ClN4O. The third-order valence-corrected chi connectivity index (χ3v) is 3.89. The quantitative estimate of drug-likeness (QED) is 0.840. The van der Waals surface area contributed by atoms with Crippen molar-refractivity contribution in [2.24, 2.45) is 11.7 Å². The zero-order chi connectivity index (χ0) is 17.0. The second kappa shape index (κ2) is 8.31. The lowest BCUT2D eigenvalue weighted by atomic mass is 9.90. The van der Waals surface area contributed by atoms with Gasteiger partial charge in [-0.15, -0.1) is 12.4 Å². The molecule has 1 aromatic heterocycles. The molecule has 2 aromatic rings. The van der Waals surface area contributed by atoms with Gasteiger partial charge in [0.1, 0.15) is 0 Å². The van der Waals surface area contributed by atoms with Crippen molar-refractivity contribution in [3.05, 3.63) is 47.8 Å². The van der Waals surface area contributed by atoms with Crippen molar-refractivity contribution >= 4 is 18.3 Å². The van der Waals surface area contributed by atoms with Gasteiger partial charge >= 0.3 is 0 Å². The number of halogens is 1. The Morgan fingerprint density at radius 1 is 1.33 bits per heavy atom. The van der Waals surface area contributed by atoms with Gasteiger partial charge in [0.2, 0.25) is 0 Å². The fourth-order valence-corrected chi connectivity index (χ4v) is 2.82. The second-order valence-corrected chi connectivity index (χ2v) is 6.73. The average molecular weight is 351 g/mol. The number of hydrogen-bond acceptors (Lipinski definition) is 3. The molecule has 1 amide bonds. The minimum atomic E-state index is -0.410. The van der Waals surface area contributed by atoms with Crippen LogP contribution in [-0.2, 0) is 0 Å². The summed E-state index contributed by atoms with van der Waals surface area (Å²) < 4.78 is 1.73. The van der Waals surface area contributed by atoms with Crippen molar-refractivity contribution < 1.29 is 4.79 Å². The van der Waals surface area contributed by atoms with Crippen LogP contribution in [0.4, 0.5) is 0 Å². The van der Waals surface area contributed by atoms with Gasteiger partial charge in [0.25, 0.3) is 5.91 Å². The Bertz CT molecular complexity index is 669. The first kappa shape index (κ1) is 20.2. The summed E-state index contributed by atoms with van der Waals surface area (Å²) in [5, 5.41) is 7.52. The number of aromatic nitrogens is 2. The predicted molar refractivity (Wildman–Crippen MR) is 99.9 cm³/mol. The first-order valence-electron chi connectivity index (χ1n) is 7.99. The molecule has 1 aromatic carbocycles. The number of rotatable bonds is 6. The normalized spacial score (nSPS) is 13.2. The second-order valence-electron chi connectivity index (χ2n) is 6.73. The van der Waals surface area contributed by atoms with Crippen LogP contribution in [0.1, 0.15) is 43.2 Å². The van der Waals surface area contributed by atoms with E-state index in [4.69, 9.17) is 5.73 Å². The van der Waals surface area contributed by atoms with Crippen LogP contribution in [-0.4, -0.2) is 27.8 Å². The van der Waals surface area contributed by atoms with Crippen molar-refractivity contribution in [3.63, 3.8) is 0 Å². The van der Waals surface area contributed by atoms with Gasteiger partial charge in [-0.25, -0.2) is 4.68 Å². The summed E-state index contributed by atoms with van der Waals surface area (Å²) in [5.74, 6) is 0.329. The van der Waals surface area contributed by atoms with Gasteiger partial charge in [-0.05, 0) is 38.3 Å². The Morgan fingerprint density at radius 3 is 2.50 bits per heavy atom. The molecule has 0 saturated heterocycles. The molecule has 0 saturated carbocycles. The Labute approximate surface area is 150 Å². The number of amides is 1. The lowest BCUT2D eigenvalue weighted by Gasteiger charge is -2.31. The number of nitrogens with two attached hydrogens (primary N) is 1. The molecule has 1 heterocycles. The van der Waals surface area contributed by atoms with Crippen LogP contribution in [0, 0.1) is 12.8 Å². The largest absolute Gasteiger partial charge is 0.345 e. The van der Waals surface area contributed by atoms with Crippen molar-refractivity contribution in [3.8, 4) is 5.69 Å². The zero-order valence-electron chi connectivity index (χ0n) is 14.7. The molecule has 0 aliphatic rings. The maximum atomic E-state index is 12.6. The van der Waals surface area contributed by atoms with E-state index in [0.29, 0.717) is 23.7 Å². The number of nitrogens with zero attached hydrogens (tertiary/aromatic N) is 2. The number of benzene rings is 1. The molecule has 2 rings (SSSR count). The monoisotopic (exact) mass is 350 g/mol. The van der Waals surface area contributed by atoms with Crippen LogP contribution in [0.3, 0.4) is 0 Å². The van der Waals surface area contributed by atoms with E-state index in [0.717, 1.165) is 12.1 Å². The summed E-state index contributed by atoms with van der Waals surface area (Å²) in [5.41, 5.74) is 7.68. The minimum absolute atomic E-state index is 0. The Morgan fingerprint density at radius 2 is 1.96 bits per heavy atom. The van der Waals surface area contributed by atoms with E-state index in [1.807, 2.05) is 44.2 Å². The van der Waals surface area contributed by atoms with Gasteiger partial charge < -0.3 is 11.1 Å². The Hall–Kier alpha value is -1.85. The number of carbonyl (C=O) groups is 1. The van der Waals surface area contributed by atoms with Gasteiger partial charge in [0, 0.05) is 18.3 Å². The number of carbonyl (C=O) groups excluding carboxylic acids is 1. The molecule has 0 aliphatic carbocycles. The van der Waals surface area contributed by atoms with Gasteiger partial charge in [-0.2, -0.15) is 5.10 Å². The summed E-state index contributed by atoms with van der Waals surface area (Å²) in [6.45, 7) is 8.48. The predicted octanol–water partition coefficient (Wildman–Crippen LogP) is 3.10. The minimum Gasteiger partial charge on any atom is -0.345 e. The molecule has 1 atom stereocenters. The summed E-state index contributed by atoms with van der Waals surface area (Å²) in [6, 6.07) is 9.75. The molecule has 132 valence electrons. The Kier molecular flexibility index (Phi) is 6.99. The van der Waals surface area contributed by atoms with Crippen molar-refractivity contribution in [2.75, 3.05) is 6.54 Å². The maximum Gasteiger partial charge on any atom is 0.255 e. The van der Waals surface area contributed by atoms with Crippen molar-refractivity contribution in [2.45, 2.75) is 39.7 Å². The van der Waals surface area contributed by atoms with Crippen LogP contribution in [0.15, 0.2) is 36.5 Å². The maximum absolute atomic E-state index is 12.6. The van der Waals surface area contributed by atoms with E-state index < -0.39 is 5.54 Å². The highest BCUT2D eigenvalue weighted by Crippen LogP contribution is 2.18. The first-order valence-corrected chi connectivity index (χ1v) is 7.99. The highest BCUT2D eigenvalue weighted by molar-refractivity contribution is 5.95. The number of aryl methyl sites for hydroxylation is 1. The van der Waals surface area contributed by atoms with Gasteiger partial charge in [0.05, 0.1) is 16.9 Å². The highest BCUT2D eigenvalue weighted by Gasteiger charge is 2.27. The van der Waals surface area contributed by atoms with E-state index >= 15 is 0 Å². The molecule has 5 nitrogen and oxygen atoms in total. The van der Waals surface area contributed by atoms with E-state index in [1.54, 1.807) is 10.9 Å². The molecule has 24 heavy (non-hydrogen) atoms. The lowest BCUT2D eigenvalue weighted by Crippen LogP contribution is -2.52. The number of para-hydroxylation sites is 1. The van der Waals surface area contributed by atoms with Crippen LogP contribution < -0.4 is 11.1 Å². The molecule has 3 N–H and O–H groups in total. The molecule has 0 radical (unpaired) electrons. The smallest absolute Gasteiger partial charge is 0.255 e. The van der Waals surface area contributed by atoms with Crippen LogP contribution in [0.5, 0.6) is 0 Å². The highest BCUT2D eigenvalue weighted by atomic mass is 35.5. The average Bonchev–Trinajstić information content (AvgIpc) is 2.89. The molecule has 0 bridgehead atoms. The van der Waals surface area contributed by atoms with Gasteiger partial charge in [-0.1, -0.05) is 32.0 Å². The zero-order valence-corrected chi connectivity index (χ0v) is 15.6.